The van der Waals surface area contributed by atoms with Crippen molar-refractivity contribution in [3.8, 4) is 5.75 Å². The van der Waals surface area contributed by atoms with Gasteiger partial charge in [0.15, 0.2) is 12.7 Å². The van der Waals surface area contributed by atoms with Gasteiger partial charge in [0.1, 0.15) is 5.75 Å². The summed E-state index contributed by atoms with van der Waals surface area (Å²) in [6.07, 6.45) is -1.14. The summed E-state index contributed by atoms with van der Waals surface area (Å²) in [7, 11) is 0. The van der Waals surface area contributed by atoms with Gasteiger partial charge in [0.2, 0.25) is 0 Å². The fraction of sp³-hybridized carbons (Fsp3) is 0.167. The van der Waals surface area contributed by atoms with E-state index >= 15 is 0 Å². The number of nitrogens with one attached hydrogen (secondary N) is 2. The second-order valence-corrected chi connectivity index (χ2v) is 6.15. The first kappa shape index (κ1) is 20.5. The largest absolute Gasteiger partial charge is 0.480 e. The summed E-state index contributed by atoms with van der Waals surface area (Å²) in [5.74, 6) is -1.72. The molecule has 0 unspecified atom stereocenters. The van der Waals surface area contributed by atoms with Gasteiger partial charge < -0.3 is 9.47 Å². The number of carbonyl (C=O) groups is 3. The molecule has 0 fully saturated rings. The molecular formula is C18H16Cl2N2O5. The molecule has 1 atom stereocenters. The molecule has 0 aliphatic carbocycles. The lowest BCUT2D eigenvalue weighted by atomic mass is 10.2. The molecule has 2 amide bonds. The predicted molar refractivity (Wildman–Crippen MR) is 99.6 cm³/mol. The first-order valence-electron chi connectivity index (χ1n) is 7.79. The van der Waals surface area contributed by atoms with Crippen LogP contribution in [0.2, 0.25) is 10.0 Å². The summed E-state index contributed by atoms with van der Waals surface area (Å²) in [4.78, 5) is 35.5. The average molecular weight is 411 g/mol. The van der Waals surface area contributed by atoms with Gasteiger partial charge in [0.25, 0.3) is 11.8 Å². The zero-order valence-electron chi connectivity index (χ0n) is 14.2. The fourth-order valence-electron chi connectivity index (χ4n) is 1.90. The number of ether oxygens (including phenoxy) is 2. The van der Waals surface area contributed by atoms with E-state index < -0.39 is 30.5 Å². The van der Waals surface area contributed by atoms with Gasteiger partial charge in [-0.05, 0) is 37.3 Å². The molecule has 0 aliphatic rings. The second kappa shape index (κ2) is 9.80. The molecule has 0 bridgehead atoms. The molecule has 27 heavy (non-hydrogen) atoms. The molecule has 2 N–H and O–H groups in total. The van der Waals surface area contributed by atoms with Gasteiger partial charge in [-0.1, -0.05) is 41.4 Å². The standard InChI is InChI=1S/C18H16Cl2N2O5/c1-11(17(24)21-22-18(25)12-5-3-2-4-6-12)27-16(23)10-26-15-8-7-13(19)9-14(15)20/h2-9,11H,10H2,1H3,(H,21,24)(H,22,25)/t11-/m1/s1. The third-order valence-corrected chi connectivity index (χ3v) is 3.78. The highest BCUT2D eigenvalue weighted by molar-refractivity contribution is 6.35. The molecule has 0 aromatic heterocycles. The number of hydrazine groups is 1. The Morgan fingerprint density at radius 2 is 1.74 bits per heavy atom. The Kier molecular flexibility index (Phi) is 7.45. The number of halogens is 2. The molecule has 0 heterocycles. The molecule has 0 aliphatic heterocycles. The van der Waals surface area contributed by atoms with Crippen LogP contribution in [0.25, 0.3) is 0 Å². The van der Waals surface area contributed by atoms with E-state index in [1.54, 1.807) is 36.4 Å². The highest BCUT2D eigenvalue weighted by Gasteiger charge is 2.19. The van der Waals surface area contributed by atoms with Crippen molar-refractivity contribution in [2.24, 2.45) is 0 Å². The van der Waals surface area contributed by atoms with Crippen LogP contribution >= 0.6 is 23.2 Å². The summed E-state index contributed by atoms with van der Waals surface area (Å²) in [5, 5.41) is 0.669. The van der Waals surface area contributed by atoms with Gasteiger partial charge in [0, 0.05) is 10.6 Å². The van der Waals surface area contributed by atoms with Crippen LogP contribution in [0.15, 0.2) is 48.5 Å². The Bertz CT molecular complexity index is 830. The maximum atomic E-state index is 11.9. The zero-order chi connectivity index (χ0) is 19.8. The summed E-state index contributed by atoms with van der Waals surface area (Å²) in [6, 6.07) is 12.8. The number of hydrogen-bond donors (Lipinski definition) is 2. The van der Waals surface area contributed by atoms with Crippen LogP contribution in [-0.4, -0.2) is 30.5 Å². The molecule has 2 aromatic carbocycles. The highest BCUT2D eigenvalue weighted by atomic mass is 35.5. The van der Waals surface area contributed by atoms with Crippen molar-refractivity contribution in [1.82, 2.24) is 10.9 Å². The average Bonchev–Trinajstić information content (AvgIpc) is 2.65. The Morgan fingerprint density at radius 3 is 2.41 bits per heavy atom. The van der Waals surface area contributed by atoms with Crippen LogP contribution in [0.4, 0.5) is 0 Å². The van der Waals surface area contributed by atoms with Crippen LogP contribution in [0.3, 0.4) is 0 Å². The molecule has 2 rings (SSSR count). The number of carbonyl (C=O) groups excluding carboxylic acids is 3. The molecule has 0 saturated carbocycles. The minimum Gasteiger partial charge on any atom is -0.480 e. The lowest BCUT2D eigenvalue weighted by Crippen LogP contribution is -2.47. The SMILES string of the molecule is C[C@@H](OC(=O)COc1ccc(Cl)cc1Cl)C(=O)NNC(=O)c1ccccc1. The first-order valence-corrected chi connectivity index (χ1v) is 8.55. The molecule has 142 valence electrons. The maximum Gasteiger partial charge on any atom is 0.344 e. The number of benzene rings is 2. The van der Waals surface area contributed by atoms with Gasteiger partial charge in [0.05, 0.1) is 5.02 Å². The van der Waals surface area contributed by atoms with E-state index in [0.717, 1.165) is 0 Å². The van der Waals surface area contributed by atoms with Crippen molar-refractivity contribution in [2.45, 2.75) is 13.0 Å². The molecule has 9 heteroatoms. The number of amides is 2. The predicted octanol–water partition coefficient (Wildman–Crippen LogP) is 2.77. The topological polar surface area (TPSA) is 93.7 Å². The Morgan fingerprint density at radius 1 is 1.04 bits per heavy atom. The van der Waals surface area contributed by atoms with E-state index in [9.17, 15) is 14.4 Å². The second-order valence-electron chi connectivity index (χ2n) is 5.30. The number of rotatable bonds is 6. The summed E-state index contributed by atoms with van der Waals surface area (Å²) in [6.45, 7) is 0.909. The highest BCUT2D eigenvalue weighted by Crippen LogP contribution is 2.27. The Labute approximate surface area is 165 Å². The van der Waals surface area contributed by atoms with E-state index in [1.165, 1.54) is 19.1 Å². The van der Waals surface area contributed by atoms with E-state index in [2.05, 4.69) is 10.9 Å². The van der Waals surface area contributed by atoms with E-state index in [4.69, 9.17) is 32.7 Å². The monoisotopic (exact) mass is 410 g/mol. The molecule has 2 aromatic rings. The van der Waals surface area contributed by atoms with Gasteiger partial charge in [-0.3, -0.25) is 20.4 Å². The molecule has 7 nitrogen and oxygen atoms in total. The third-order valence-electron chi connectivity index (χ3n) is 3.25. The van der Waals surface area contributed by atoms with Gasteiger partial charge in [-0.15, -0.1) is 0 Å². The zero-order valence-corrected chi connectivity index (χ0v) is 15.7. The van der Waals surface area contributed by atoms with E-state index in [-0.39, 0.29) is 10.8 Å². The van der Waals surface area contributed by atoms with Gasteiger partial charge in [-0.25, -0.2) is 4.79 Å². The van der Waals surface area contributed by atoms with Crippen LogP contribution in [0.5, 0.6) is 5.75 Å². The molecule has 0 saturated heterocycles. The summed E-state index contributed by atoms with van der Waals surface area (Å²) >= 11 is 11.7. The van der Waals surface area contributed by atoms with Crippen molar-refractivity contribution in [3.05, 3.63) is 64.1 Å². The van der Waals surface area contributed by atoms with Crippen LogP contribution in [-0.2, 0) is 14.3 Å². The van der Waals surface area contributed by atoms with Gasteiger partial charge in [-0.2, -0.15) is 0 Å². The number of hydrogen-bond acceptors (Lipinski definition) is 5. The van der Waals surface area contributed by atoms with Crippen molar-refractivity contribution >= 4 is 41.0 Å². The van der Waals surface area contributed by atoms with Crippen molar-refractivity contribution in [1.29, 1.82) is 0 Å². The Hall–Kier alpha value is -2.77. The van der Waals surface area contributed by atoms with Gasteiger partial charge >= 0.3 is 5.97 Å². The van der Waals surface area contributed by atoms with Crippen LogP contribution < -0.4 is 15.6 Å². The smallest absolute Gasteiger partial charge is 0.344 e. The Balaban J connectivity index is 1.76. The number of esters is 1. The maximum absolute atomic E-state index is 11.9. The van der Waals surface area contributed by atoms with Crippen molar-refractivity contribution in [3.63, 3.8) is 0 Å². The van der Waals surface area contributed by atoms with Crippen LogP contribution in [0, 0.1) is 0 Å². The molecule has 0 radical (unpaired) electrons. The summed E-state index contributed by atoms with van der Waals surface area (Å²) in [5.41, 5.74) is 4.79. The quantitative estimate of drug-likeness (QED) is 0.563. The molecular weight excluding hydrogens is 395 g/mol. The molecule has 0 spiro atoms. The minimum absolute atomic E-state index is 0.240. The van der Waals surface area contributed by atoms with Crippen molar-refractivity contribution < 1.29 is 23.9 Å². The lowest BCUT2D eigenvalue weighted by Gasteiger charge is -2.14. The normalized spacial score (nSPS) is 11.2. The summed E-state index contributed by atoms with van der Waals surface area (Å²) < 4.78 is 10.2. The fourth-order valence-corrected chi connectivity index (χ4v) is 2.36. The minimum atomic E-state index is -1.14. The van der Waals surface area contributed by atoms with Crippen molar-refractivity contribution in [2.75, 3.05) is 6.61 Å². The van der Waals surface area contributed by atoms with E-state index in [0.29, 0.717) is 10.6 Å². The van der Waals surface area contributed by atoms with E-state index in [1.807, 2.05) is 0 Å². The first-order chi connectivity index (χ1) is 12.9. The third kappa shape index (κ3) is 6.47. The lowest BCUT2D eigenvalue weighted by molar-refractivity contribution is -0.156. The van der Waals surface area contributed by atoms with Crippen LogP contribution in [0.1, 0.15) is 17.3 Å².